The molecule has 0 aliphatic carbocycles. The van der Waals surface area contributed by atoms with Crippen LogP contribution in [0.2, 0.25) is 5.02 Å². The summed E-state index contributed by atoms with van der Waals surface area (Å²) in [6.07, 6.45) is 0.477. The van der Waals surface area contributed by atoms with E-state index in [-0.39, 0.29) is 18.9 Å². The van der Waals surface area contributed by atoms with Crippen LogP contribution in [0.5, 0.6) is 0 Å². The molecule has 2 atom stereocenters. The molecule has 0 spiro atoms. The van der Waals surface area contributed by atoms with Crippen molar-refractivity contribution in [1.29, 1.82) is 0 Å². The Morgan fingerprint density at radius 2 is 1.86 bits per heavy atom. The van der Waals surface area contributed by atoms with E-state index in [0.717, 1.165) is 0 Å². The number of aliphatic hydroxyl groups excluding tert-OH is 3. The highest BCUT2D eigenvalue weighted by atomic mass is 35.5. The Labute approximate surface area is 86.0 Å². The average molecular weight is 219 g/mol. The number of halogens is 1. The molecule has 0 fully saturated rings. The van der Waals surface area contributed by atoms with Crippen molar-refractivity contribution in [2.75, 3.05) is 6.61 Å². The molecule has 1 heterocycles. The van der Waals surface area contributed by atoms with Gasteiger partial charge in [-0.2, -0.15) is 0 Å². The van der Waals surface area contributed by atoms with Gasteiger partial charge in [-0.15, -0.1) is 0 Å². The molecule has 14 heavy (non-hydrogen) atoms. The maximum absolute atomic E-state index is 9.48. The maximum atomic E-state index is 9.48. The molecule has 0 saturated carbocycles. The molecule has 3 N–H and O–H groups in total. The number of aliphatic hydroxyl groups is 3. The number of hydrogen-bond acceptors (Lipinski definition) is 5. The fraction of sp³-hybridized carbons (Fsp3) is 0.500. The van der Waals surface area contributed by atoms with Gasteiger partial charge in [-0.05, 0) is 6.42 Å². The van der Waals surface area contributed by atoms with Crippen LogP contribution in [0.4, 0.5) is 0 Å². The third-order valence-electron chi connectivity index (χ3n) is 1.69. The zero-order chi connectivity index (χ0) is 10.6. The number of rotatable bonds is 4. The fourth-order valence-corrected chi connectivity index (χ4v) is 1.03. The van der Waals surface area contributed by atoms with Gasteiger partial charge in [0.05, 0.1) is 11.1 Å². The zero-order valence-electron chi connectivity index (χ0n) is 7.34. The topological polar surface area (TPSA) is 86.5 Å². The van der Waals surface area contributed by atoms with Gasteiger partial charge in [0.2, 0.25) is 0 Å². The molecule has 1 rings (SSSR count). The van der Waals surface area contributed by atoms with E-state index in [2.05, 4.69) is 9.97 Å². The van der Waals surface area contributed by atoms with Crippen LogP contribution >= 0.6 is 11.6 Å². The Bertz CT molecular complexity index is 280. The van der Waals surface area contributed by atoms with Gasteiger partial charge in [-0.3, -0.25) is 0 Å². The summed E-state index contributed by atoms with van der Waals surface area (Å²) in [6, 6.07) is 0. The minimum atomic E-state index is -1.19. The Kier molecular flexibility index (Phi) is 4.21. The van der Waals surface area contributed by atoms with Crippen molar-refractivity contribution in [3.8, 4) is 0 Å². The molecule has 1 aromatic rings. The average Bonchev–Trinajstić information content (AvgIpc) is 2.18. The SMILES string of the molecule is OCCC(O)C(O)c1ncc(Cl)cn1. The molecule has 0 bridgehead atoms. The van der Waals surface area contributed by atoms with Crippen molar-refractivity contribution in [2.24, 2.45) is 0 Å². The first-order valence-corrected chi connectivity index (χ1v) is 4.47. The van der Waals surface area contributed by atoms with Crippen molar-refractivity contribution < 1.29 is 15.3 Å². The summed E-state index contributed by atoms with van der Waals surface area (Å²) in [5, 5.41) is 27.7. The lowest BCUT2D eigenvalue weighted by Crippen LogP contribution is -2.21. The Hall–Kier alpha value is -0.750. The van der Waals surface area contributed by atoms with Crippen LogP contribution in [0.3, 0.4) is 0 Å². The summed E-state index contributed by atoms with van der Waals surface area (Å²) >= 11 is 5.55. The molecular weight excluding hydrogens is 208 g/mol. The van der Waals surface area contributed by atoms with Crippen molar-refractivity contribution in [3.63, 3.8) is 0 Å². The van der Waals surface area contributed by atoms with Gasteiger partial charge in [0.25, 0.3) is 0 Å². The highest BCUT2D eigenvalue weighted by molar-refractivity contribution is 6.30. The molecule has 0 amide bonds. The normalized spacial score (nSPS) is 15.1. The summed E-state index contributed by atoms with van der Waals surface area (Å²) in [5.74, 6) is 0.0929. The highest BCUT2D eigenvalue weighted by Crippen LogP contribution is 2.15. The number of aromatic nitrogens is 2. The Morgan fingerprint density at radius 3 is 2.36 bits per heavy atom. The second-order valence-corrected chi connectivity index (χ2v) is 3.22. The number of nitrogens with zero attached hydrogens (tertiary/aromatic N) is 2. The monoisotopic (exact) mass is 218 g/mol. The molecule has 78 valence electrons. The predicted molar refractivity (Wildman–Crippen MR) is 49.7 cm³/mol. The van der Waals surface area contributed by atoms with Crippen LogP contribution in [0.25, 0.3) is 0 Å². The molecule has 0 radical (unpaired) electrons. The van der Waals surface area contributed by atoms with E-state index in [1.807, 2.05) is 0 Å². The van der Waals surface area contributed by atoms with E-state index >= 15 is 0 Å². The predicted octanol–water partition coefficient (Wildman–Crippen LogP) is -0.0933. The molecule has 0 aromatic carbocycles. The third kappa shape index (κ3) is 2.88. The first kappa shape index (κ1) is 11.3. The molecule has 5 nitrogen and oxygen atoms in total. The molecule has 0 saturated heterocycles. The molecule has 1 aromatic heterocycles. The van der Waals surface area contributed by atoms with Crippen LogP contribution in [-0.4, -0.2) is 38.0 Å². The summed E-state index contributed by atoms with van der Waals surface area (Å²) < 4.78 is 0. The maximum Gasteiger partial charge on any atom is 0.159 e. The lowest BCUT2D eigenvalue weighted by Gasteiger charge is -2.14. The lowest BCUT2D eigenvalue weighted by molar-refractivity contribution is -0.000600. The van der Waals surface area contributed by atoms with Crippen molar-refractivity contribution in [2.45, 2.75) is 18.6 Å². The van der Waals surface area contributed by atoms with Crippen LogP contribution in [0, 0.1) is 0 Å². The zero-order valence-corrected chi connectivity index (χ0v) is 8.09. The smallest absolute Gasteiger partial charge is 0.159 e. The summed E-state index contributed by atoms with van der Waals surface area (Å²) in [4.78, 5) is 7.49. The van der Waals surface area contributed by atoms with Gasteiger partial charge >= 0.3 is 0 Å². The number of hydrogen-bond donors (Lipinski definition) is 3. The second-order valence-electron chi connectivity index (χ2n) is 2.78. The van der Waals surface area contributed by atoms with Gasteiger partial charge in [0.15, 0.2) is 5.82 Å². The molecule has 0 aliphatic rings. The Morgan fingerprint density at radius 1 is 1.29 bits per heavy atom. The van der Waals surface area contributed by atoms with Crippen LogP contribution in [-0.2, 0) is 0 Å². The van der Waals surface area contributed by atoms with Gasteiger partial charge in [0.1, 0.15) is 6.10 Å². The van der Waals surface area contributed by atoms with Crippen molar-refractivity contribution in [3.05, 3.63) is 23.2 Å². The summed E-state index contributed by atoms with van der Waals surface area (Å²) in [5.41, 5.74) is 0. The summed E-state index contributed by atoms with van der Waals surface area (Å²) in [6.45, 7) is -0.203. The van der Waals surface area contributed by atoms with Gasteiger partial charge < -0.3 is 15.3 Å². The summed E-state index contributed by atoms with van der Waals surface area (Å²) in [7, 11) is 0. The first-order chi connectivity index (χ1) is 6.65. The van der Waals surface area contributed by atoms with E-state index in [9.17, 15) is 10.2 Å². The molecule has 6 heteroatoms. The Balaban J connectivity index is 2.68. The van der Waals surface area contributed by atoms with E-state index < -0.39 is 12.2 Å². The largest absolute Gasteiger partial charge is 0.396 e. The van der Waals surface area contributed by atoms with Gasteiger partial charge in [0, 0.05) is 19.0 Å². The van der Waals surface area contributed by atoms with E-state index in [4.69, 9.17) is 16.7 Å². The minimum absolute atomic E-state index is 0.0765. The van der Waals surface area contributed by atoms with E-state index in [1.165, 1.54) is 12.4 Å². The van der Waals surface area contributed by atoms with E-state index in [0.29, 0.717) is 5.02 Å². The van der Waals surface area contributed by atoms with Crippen LogP contribution in [0.15, 0.2) is 12.4 Å². The first-order valence-electron chi connectivity index (χ1n) is 4.09. The van der Waals surface area contributed by atoms with Gasteiger partial charge in [-0.1, -0.05) is 11.6 Å². The standard InChI is InChI=1S/C8H11ClN2O3/c9-5-3-10-8(11-4-5)7(14)6(13)1-2-12/h3-4,6-7,12-14H,1-2H2. The second kappa shape index (κ2) is 5.21. The van der Waals surface area contributed by atoms with Crippen molar-refractivity contribution >= 4 is 11.6 Å². The van der Waals surface area contributed by atoms with Crippen LogP contribution < -0.4 is 0 Å². The third-order valence-corrected chi connectivity index (χ3v) is 1.89. The molecule has 2 unspecified atom stereocenters. The molecule has 0 aliphatic heterocycles. The molecular formula is C8H11ClN2O3. The highest BCUT2D eigenvalue weighted by Gasteiger charge is 2.20. The fourth-order valence-electron chi connectivity index (χ4n) is 0.937. The minimum Gasteiger partial charge on any atom is -0.396 e. The lowest BCUT2D eigenvalue weighted by atomic mass is 10.1. The quantitative estimate of drug-likeness (QED) is 0.658. The van der Waals surface area contributed by atoms with Crippen molar-refractivity contribution in [1.82, 2.24) is 9.97 Å². The van der Waals surface area contributed by atoms with Crippen LogP contribution in [0.1, 0.15) is 18.3 Å². The van der Waals surface area contributed by atoms with Gasteiger partial charge in [-0.25, -0.2) is 9.97 Å². The van der Waals surface area contributed by atoms with E-state index in [1.54, 1.807) is 0 Å².